The molecule has 0 aromatic heterocycles. The van der Waals surface area contributed by atoms with E-state index in [1.54, 1.807) is 19.1 Å². The second kappa shape index (κ2) is 5.03. The number of nitro groups is 2. The van der Waals surface area contributed by atoms with E-state index in [2.05, 4.69) is 0 Å². The molecule has 2 aliphatic rings. The second-order valence-corrected chi connectivity index (χ2v) is 5.60. The van der Waals surface area contributed by atoms with Crippen LogP contribution in [0, 0.1) is 20.2 Å². The van der Waals surface area contributed by atoms with Gasteiger partial charge in [-0.15, -0.1) is 0 Å². The van der Waals surface area contributed by atoms with Crippen LogP contribution < -0.4 is 0 Å². The van der Waals surface area contributed by atoms with Gasteiger partial charge in [0.25, 0.3) is 5.69 Å². The highest BCUT2D eigenvalue weighted by Crippen LogP contribution is 2.48. The average molecular weight is 302 g/mol. The van der Waals surface area contributed by atoms with Crippen LogP contribution in [0.15, 0.2) is 35.9 Å². The third kappa shape index (κ3) is 2.10. The summed E-state index contributed by atoms with van der Waals surface area (Å²) in [5.74, 6) is -0.297. The van der Waals surface area contributed by atoms with E-state index in [9.17, 15) is 25.3 Å². The molecule has 0 aliphatic heterocycles. The lowest BCUT2D eigenvalue weighted by Gasteiger charge is -2.19. The normalized spacial score (nSPS) is 23.9. The van der Waals surface area contributed by atoms with Crippen molar-refractivity contribution >= 4 is 11.3 Å². The first kappa shape index (κ1) is 14.4. The van der Waals surface area contributed by atoms with Crippen molar-refractivity contribution in [1.82, 2.24) is 0 Å². The van der Waals surface area contributed by atoms with Gasteiger partial charge in [0, 0.05) is 29.4 Å². The van der Waals surface area contributed by atoms with Crippen LogP contribution in [0.3, 0.4) is 0 Å². The molecule has 1 aromatic carbocycles. The molecule has 0 bridgehead atoms. The topological polar surface area (TPSA) is 107 Å². The Hall–Kier alpha value is -2.54. The van der Waals surface area contributed by atoms with E-state index in [1.165, 1.54) is 18.2 Å². The number of nitrogens with zero attached hydrogens (tertiary/aromatic N) is 2. The Labute approximate surface area is 125 Å². The van der Waals surface area contributed by atoms with Gasteiger partial charge in [0.1, 0.15) is 0 Å². The Balaban J connectivity index is 2.14. The van der Waals surface area contributed by atoms with Gasteiger partial charge in [0.05, 0.1) is 11.0 Å². The molecule has 3 rings (SSSR count). The van der Waals surface area contributed by atoms with Gasteiger partial charge < -0.3 is 5.11 Å². The molecule has 7 heteroatoms. The first-order chi connectivity index (χ1) is 10.4. The van der Waals surface area contributed by atoms with Gasteiger partial charge in [-0.1, -0.05) is 12.1 Å². The standard InChI is InChI=1S/C15H14N2O5/c1-8(18)15-11-4-2-9(16(19)20)6-13(11)14-7-10(17(21)22)3-5-12(14)15/h2-6,8,10,15,18H,7H2,1H3. The molecule has 2 aliphatic carbocycles. The number of hydrogen-bond donors (Lipinski definition) is 1. The molecule has 0 saturated heterocycles. The molecule has 3 unspecified atom stereocenters. The van der Waals surface area contributed by atoms with Gasteiger partial charge in [-0.2, -0.15) is 0 Å². The van der Waals surface area contributed by atoms with Crippen molar-refractivity contribution in [3.05, 3.63) is 67.3 Å². The number of aliphatic hydroxyl groups excluding tert-OH is 1. The first-order valence-electron chi connectivity index (χ1n) is 6.91. The minimum Gasteiger partial charge on any atom is -0.392 e. The summed E-state index contributed by atoms with van der Waals surface area (Å²) >= 11 is 0. The number of hydrogen-bond acceptors (Lipinski definition) is 5. The molecule has 0 saturated carbocycles. The van der Waals surface area contributed by atoms with Crippen LogP contribution in [0.5, 0.6) is 0 Å². The molecular formula is C15H14N2O5. The van der Waals surface area contributed by atoms with Crippen LogP contribution in [0.2, 0.25) is 0 Å². The second-order valence-electron chi connectivity index (χ2n) is 5.60. The van der Waals surface area contributed by atoms with E-state index in [1.807, 2.05) is 0 Å². The zero-order valence-corrected chi connectivity index (χ0v) is 11.8. The molecule has 7 nitrogen and oxygen atoms in total. The lowest BCUT2D eigenvalue weighted by atomic mass is 9.88. The minimum absolute atomic E-state index is 0.0518. The minimum atomic E-state index is -0.835. The van der Waals surface area contributed by atoms with Gasteiger partial charge in [0.15, 0.2) is 0 Å². The number of benzene rings is 1. The SMILES string of the molecule is CC(O)C1C2=C(CC([N+](=O)[O-])C=C2)c2cc([N+](=O)[O-])ccc21. The zero-order valence-electron chi connectivity index (χ0n) is 11.8. The van der Waals surface area contributed by atoms with E-state index in [-0.39, 0.29) is 22.9 Å². The highest BCUT2D eigenvalue weighted by atomic mass is 16.6. The maximum Gasteiger partial charge on any atom is 0.270 e. The molecule has 1 N–H and O–H groups in total. The third-order valence-electron chi connectivity index (χ3n) is 4.26. The lowest BCUT2D eigenvalue weighted by molar-refractivity contribution is -0.508. The number of fused-ring (bicyclic) bond motifs is 2. The smallest absolute Gasteiger partial charge is 0.270 e. The summed E-state index contributed by atoms with van der Waals surface area (Å²) < 4.78 is 0. The van der Waals surface area contributed by atoms with Crippen molar-refractivity contribution in [1.29, 1.82) is 0 Å². The van der Waals surface area contributed by atoms with E-state index < -0.39 is 17.1 Å². The molecule has 3 atom stereocenters. The summed E-state index contributed by atoms with van der Waals surface area (Å²) in [6.45, 7) is 1.65. The largest absolute Gasteiger partial charge is 0.392 e. The Bertz CT molecular complexity index is 735. The van der Waals surface area contributed by atoms with Crippen LogP contribution in [0.25, 0.3) is 5.57 Å². The van der Waals surface area contributed by atoms with E-state index in [0.717, 1.165) is 16.7 Å². The van der Waals surface area contributed by atoms with Crippen molar-refractivity contribution in [3.63, 3.8) is 0 Å². The van der Waals surface area contributed by atoms with Gasteiger partial charge in [-0.25, -0.2) is 0 Å². The maximum absolute atomic E-state index is 11.0. The lowest BCUT2D eigenvalue weighted by Crippen LogP contribution is -2.20. The predicted octanol–water partition coefficient (Wildman–Crippen LogP) is 2.43. The van der Waals surface area contributed by atoms with Crippen molar-refractivity contribution < 1.29 is 15.0 Å². The van der Waals surface area contributed by atoms with Crippen molar-refractivity contribution in [2.45, 2.75) is 31.4 Å². The Morgan fingerprint density at radius 2 is 2.05 bits per heavy atom. The van der Waals surface area contributed by atoms with E-state index in [4.69, 9.17) is 0 Å². The summed E-state index contributed by atoms with van der Waals surface area (Å²) in [5.41, 5.74) is 2.94. The summed E-state index contributed by atoms with van der Waals surface area (Å²) in [5, 5.41) is 32.0. The number of rotatable bonds is 3. The van der Waals surface area contributed by atoms with Crippen LogP contribution in [0.4, 0.5) is 5.69 Å². The number of nitro benzene ring substituents is 1. The first-order valence-corrected chi connectivity index (χ1v) is 6.91. The fourth-order valence-electron chi connectivity index (χ4n) is 3.29. The van der Waals surface area contributed by atoms with Crippen molar-refractivity contribution in [3.8, 4) is 0 Å². The van der Waals surface area contributed by atoms with Gasteiger partial charge in [0.2, 0.25) is 6.04 Å². The summed E-state index contributed by atoms with van der Waals surface area (Å²) in [4.78, 5) is 21.1. The number of allylic oxidation sites excluding steroid dienone is 1. The van der Waals surface area contributed by atoms with Crippen molar-refractivity contribution in [2.75, 3.05) is 0 Å². The molecule has 0 spiro atoms. The molecule has 0 heterocycles. The Kier molecular flexibility index (Phi) is 3.29. The molecular weight excluding hydrogens is 288 g/mol. The summed E-state index contributed by atoms with van der Waals surface area (Å²) in [7, 11) is 0. The molecule has 0 amide bonds. The quantitative estimate of drug-likeness (QED) is 0.681. The third-order valence-corrected chi connectivity index (χ3v) is 4.26. The maximum atomic E-state index is 11.0. The summed E-state index contributed by atoms with van der Waals surface area (Å²) in [6, 6.07) is 3.65. The number of non-ortho nitro benzene ring substituents is 1. The van der Waals surface area contributed by atoms with Crippen molar-refractivity contribution in [2.24, 2.45) is 0 Å². The van der Waals surface area contributed by atoms with Gasteiger partial charge in [-0.05, 0) is 35.3 Å². The Morgan fingerprint density at radius 1 is 1.32 bits per heavy atom. The monoisotopic (exact) mass is 302 g/mol. The molecule has 0 radical (unpaired) electrons. The fraction of sp³-hybridized carbons (Fsp3) is 0.333. The summed E-state index contributed by atoms with van der Waals surface area (Å²) in [6.07, 6.45) is 2.71. The molecule has 1 aromatic rings. The highest BCUT2D eigenvalue weighted by Gasteiger charge is 2.38. The predicted molar refractivity (Wildman–Crippen MR) is 79.0 cm³/mol. The molecule has 114 valence electrons. The van der Waals surface area contributed by atoms with Gasteiger partial charge >= 0.3 is 0 Å². The molecule has 0 fully saturated rings. The average Bonchev–Trinajstić information content (AvgIpc) is 2.79. The van der Waals surface area contributed by atoms with Gasteiger partial charge in [-0.3, -0.25) is 20.2 Å². The van der Waals surface area contributed by atoms with E-state index in [0.29, 0.717) is 5.56 Å². The van der Waals surface area contributed by atoms with Crippen LogP contribution >= 0.6 is 0 Å². The molecule has 22 heavy (non-hydrogen) atoms. The van der Waals surface area contributed by atoms with Crippen LogP contribution in [-0.2, 0) is 0 Å². The Morgan fingerprint density at radius 3 is 2.64 bits per heavy atom. The fourth-order valence-corrected chi connectivity index (χ4v) is 3.29. The van der Waals surface area contributed by atoms with E-state index >= 15 is 0 Å². The van der Waals surface area contributed by atoms with Crippen LogP contribution in [0.1, 0.15) is 30.4 Å². The zero-order chi connectivity index (χ0) is 16.0. The van der Waals surface area contributed by atoms with Crippen LogP contribution in [-0.4, -0.2) is 27.1 Å². The number of aliphatic hydroxyl groups is 1. The highest BCUT2D eigenvalue weighted by molar-refractivity contribution is 5.83.